The number of benzene rings is 1. The molecule has 2 rings (SSSR count). The fourth-order valence-corrected chi connectivity index (χ4v) is 2.47. The quantitative estimate of drug-likeness (QED) is 0.787. The highest BCUT2D eigenvalue weighted by atomic mass is 16.5. The van der Waals surface area contributed by atoms with Crippen LogP contribution < -0.4 is 5.73 Å². The van der Waals surface area contributed by atoms with E-state index in [0.29, 0.717) is 6.10 Å². The van der Waals surface area contributed by atoms with Gasteiger partial charge in [0.2, 0.25) is 0 Å². The molecule has 1 atom stereocenters. The average molecular weight is 248 g/mol. The Hall–Kier alpha value is -1.06. The second-order valence-corrected chi connectivity index (χ2v) is 4.99. The second-order valence-electron chi connectivity index (χ2n) is 4.99. The zero-order valence-electron chi connectivity index (χ0n) is 11.3. The molecule has 0 aromatic heterocycles. The maximum Gasteiger partial charge on any atom is 0.0588 e. The monoisotopic (exact) mass is 248 g/mol. The summed E-state index contributed by atoms with van der Waals surface area (Å²) in [5.74, 6) is 0. The first-order valence-electron chi connectivity index (χ1n) is 6.97. The van der Waals surface area contributed by atoms with Crippen LogP contribution in [0.3, 0.4) is 0 Å². The van der Waals surface area contributed by atoms with Gasteiger partial charge in [0.15, 0.2) is 0 Å². The number of hydrogen-bond donors (Lipinski definition) is 1. The van der Waals surface area contributed by atoms with Crippen LogP contribution in [0.2, 0.25) is 0 Å². The Morgan fingerprint density at radius 2 is 2.22 bits per heavy atom. The highest BCUT2D eigenvalue weighted by Crippen LogP contribution is 2.17. The fraction of sp³-hybridized carbons (Fsp3) is 0.600. The molecule has 100 valence electrons. The Balaban J connectivity index is 1.83. The molecule has 1 aliphatic heterocycles. The minimum absolute atomic E-state index is 0.479. The van der Waals surface area contributed by atoms with Gasteiger partial charge in [-0.05, 0) is 37.4 Å². The van der Waals surface area contributed by atoms with Gasteiger partial charge in [-0.1, -0.05) is 25.1 Å². The van der Waals surface area contributed by atoms with Gasteiger partial charge in [0.1, 0.15) is 0 Å². The molecule has 1 aromatic carbocycles. The van der Waals surface area contributed by atoms with Gasteiger partial charge in [-0.15, -0.1) is 0 Å². The van der Waals surface area contributed by atoms with Crippen molar-refractivity contribution in [2.45, 2.75) is 38.8 Å². The number of hydrogen-bond acceptors (Lipinski definition) is 3. The van der Waals surface area contributed by atoms with Crippen molar-refractivity contribution >= 4 is 5.69 Å². The maximum atomic E-state index is 5.99. The molecule has 3 heteroatoms. The summed E-state index contributed by atoms with van der Waals surface area (Å²) in [6.45, 7) is 6.24. The molecule has 0 bridgehead atoms. The predicted octanol–water partition coefficient (Wildman–Crippen LogP) is 2.66. The number of ether oxygens (including phenoxy) is 1. The highest BCUT2D eigenvalue weighted by molar-refractivity contribution is 5.46. The molecule has 0 aliphatic carbocycles. The second kappa shape index (κ2) is 6.76. The number of nitrogens with zero attached hydrogens (tertiary/aromatic N) is 1. The van der Waals surface area contributed by atoms with Crippen LogP contribution in [0.5, 0.6) is 0 Å². The lowest BCUT2D eigenvalue weighted by Crippen LogP contribution is -2.27. The van der Waals surface area contributed by atoms with Gasteiger partial charge in [-0.25, -0.2) is 0 Å². The Bertz CT molecular complexity index is 361. The lowest BCUT2D eigenvalue weighted by atomic mass is 10.1. The van der Waals surface area contributed by atoms with E-state index in [-0.39, 0.29) is 0 Å². The normalized spacial score (nSPS) is 19.6. The lowest BCUT2D eigenvalue weighted by molar-refractivity contribution is 0.0917. The minimum atomic E-state index is 0.479. The fourth-order valence-electron chi connectivity index (χ4n) is 2.47. The molecule has 0 amide bonds. The molecule has 18 heavy (non-hydrogen) atoms. The molecule has 1 heterocycles. The zero-order valence-corrected chi connectivity index (χ0v) is 11.3. The molecule has 0 radical (unpaired) electrons. The van der Waals surface area contributed by atoms with Crippen molar-refractivity contribution in [3.05, 3.63) is 29.8 Å². The van der Waals surface area contributed by atoms with Crippen LogP contribution in [0.1, 0.15) is 31.7 Å². The molecule has 1 unspecified atom stereocenters. The summed E-state index contributed by atoms with van der Waals surface area (Å²) < 4.78 is 5.67. The number of nitrogens with two attached hydrogens (primary N) is 1. The van der Waals surface area contributed by atoms with Crippen molar-refractivity contribution in [1.82, 2.24) is 4.90 Å². The minimum Gasteiger partial charge on any atom is -0.398 e. The van der Waals surface area contributed by atoms with Crippen LogP contribution in [0.25, 0.3) is 0 Å². The van der Waals surface area contributed by atoms with E-state index in [4.69, 9.17) is 10.5 Å². The number of nitrogen functional groups attached to an aromatic ring is 1. The van der Waals surface area contributed by atoms with E-state index >= 15 is 0 Å². The Morgan fingerprint density at radius 3 is 2.89 bits per heavy atom. The van der Waals surface area contributed by atoms with Crippen molar-refractivity contribution in [2.24, 2.45) is 0 Å². The molecule has 1 fully saturated rings. The van der Waals surface area contributed by atoms with Crippen LogP contribution in [-0.4, -0.2) is 30.7 Å². The van der Waals surface area contributed by atoms with Crippen molar-refractivity contribution in [2.75, 3.05) is 25.4 Å². The van der Waals surface area contributed by atoms with E-state index in [0.717, 1.165) is 38.3 Å². The third-order valence-electron chi connectivity index (χ3n) is 3.69. The van der Waals surface area contributed by atoms with E-state index < -0.39 is 0 Å². The summed E-state index contributed by atoms with van der Waals surface area (Å²) in [5.41, 5.74) is 8.12. The summed E-state index contributed by atoms with van der Waals surface area (Å²) >= 11 is 0. The molecule has 0 saturated carbocycles. The first kappa shape index (κ1) is 13.4. The van der Waals surface area contributed by atoms with E-state index in [9.17, 15) is 0 Å². The average Bonchev–Trinajstić information content (AvgIpc) is 2.90. The molecule has 1 saturated heterocycles. The van der Waals surface area contributed by atoms with Crippen molar-refractivity contribution in [1.29, 1.82) is 0 Å². The molecule has 0 spiro atoms. The largest absolute Gasteiger partial charge is 0.398 e. The summed E-state index contributed by atoms with van der Waals surface area (Å²) in [6.07, 6.45) is 4.07. The lowest BCUT2D eigenvalue weighted by Gasteiger charge is -2.22. The van der Waals surface area contributed by atoms with Crippen LogP contribution in [0.4, 0.5) is 5.69 Å². The highest BCUT2D eigenvalue weighted by Gasteiger charge is 2.16. The Kier molecular flexibility index (Phi) is 5.02. The summed E-state index contributed by atoms with van der Waals surface area (Å²) in [4.78, 5) is 2.44. The molecule has 3 nitrogen and oxygen atoms in total. The smallest absolute Gasteiger partial charge is 0.0588 e. The van der Waals surface area contributed by atoms with Gasteiger partial charge >= 0.3 is 0 Å². The van der Waals surface area contributed by atoms with Gasteiger partial charge in [0, 0.05) is 25.4 Å². The van der Waals surface area contributed by atoms with E-state index in [2.05, 4.69) is 24.0 Å². The number of anilines is 1. The Labute approximate surface area is 110 Å². The third kappa shape index (κ3) is 3.72. The number of rotatable bonds is 6. The SMILES string of the molecule is CCN(CCC1CCCO1)Cc1ccccc1N. The predicted molar refractivity (Wildman–Crippen MR) is 75.4 cm³/mol. The first-order valence-corrected chi connectivity index (χ1v) is 6.97. The summed E-state index contributed by atoms with van der Waals surface area (Å²) in [5, 5.41) is 0. The van der Waals surface area contributed by atoms with Crippen molar-refractivity contribution < 1.29 is 4.74 Å². The van der Waals surface area contributed by atoms with Crippen molar-refractivity contribution in [3.8, 4) is 0 Å². The maximum absolute atomic E-state index is 5.99. The molecule has 2 N–H and O–H groups in total. The van der Waals surface area contributed by atoms with Gasteiger partial charge < -0.3 is 10.5 Å². The Morgan fingerprint density at radius 1 is 1.39 bits per heavy atom. The topological polar surface area (TPSA) is 38.5 Å². The summed E-state index contributed by atoms with van der Waals surface area (Å²) in [6, 6.07) is 8.13. The van der Waals surface area contributed by atoms with Crippen LogP contribution in [0, 0.1) is 0 Å². The van der Waals surface area contributed by atoms with Gasteiger partial charge in [-0.3, -0.25) is 4.90 Å². The van der Waals surface area contributed by atoms with Crippen LogP contribution >= 0.6 is 0 Å². The zero-order chi connectivity index (χ0) is 12.8. The van der Waals surface area contributed by atoms with Crippen LogP contribution in [0.15, 0.2) is 24.3 Å². The van der Waals surface area contributed by atoms with Gasteiger partial charge in [0.25, 0.3) is 0 Å². The molecule has 1 aromatic rings. The van der Waals surface area contributed by atoms with Crippen LogP contribution in [-0.2, 0) is 11.3 Å². The molecular weight excluding hydrogens is 224 g/mol. The number of para-hydroxylation sites is 1. The van der Waals surface area contributed by atoms with E-state index in [1.165, 1.54) is 18.4 Å². The third-order valence-corrected chi connectivity index (χ3v) is 3.69. The summed E-state index contributed by atoms with van der Waals surface area (Å²) in [7, 11) is 0. The van der Waals surface area contributed by atoms with E-state index in [1.807, 2.05) is 12.1 Å². The van der Waals surface area contributed by atoms with Crippen molar-refractivity contribution in [3.63, 3.8) is 0 Å². The van der Waals surface area contributed by atoms with Gasteiger partial charge in [-0.2, -0.15) is 0 Å². The standard InChI is InChI=1S/C15H24N2O/c1-2-17(10-9-14-7-5-11-18-14)12-13-6-3-4-8-15(13)16/h3-4,6,8,14H,2,5,7,9-12,16H2,1H3. The molecule has 1 aliphatic rings. The molecular formula is C15H24N2O. The first-order chi connectivity index (χ1) is 8.79. The van der Waals surface area contributed by atoms with Gasteiger partial charge in [0.05, 0.1) is 6.10 Å². The van der Waals surface area contributed by atoms with E-state index in [1.54, 1.807) is 0 Å².